The predicted molar refractivity (Wildman–Crippen MR) is 89.2 cm³/mol. The van der Waals surface area contributed by atoms with Crippen LogP contribution in [0, 0.1) is 11.8 Å². The quantitative estimate of drug-likeness (QED) is 0.859. The molecule has 1 N–H and O–H groups in total. The third-order valence-electron chi connectivity index (χ3n) is 4.21. The predicted octanol–water partition coefficient (Wildman–Crippen LogP) is 4.19. The SMILES string of the molecule is CC(C)C(=O)N1CCC(C(=O)Nc2ccc(Cl)c(C(F)(F)F)c2)CC1. The highest BCUT2D eigenvalue weighted by Crippen LogP contribution is 2.36. The molecule has 1 fully saturated rings. The van der Waals surface area contributed by atoms with Gasteiger partial charge in [0.25, 0.3) is 0 Å². The third-order valence-corrected chi connectivity index (χ3v) is 4.54. The largest absolute Gasteiger partial charge is 0.417 e. The van der Waals surface area contributed by atoms with Crippen LogP contribution in [0.25, 0.3) is 0 Å². The molecular weight excluding hydrogens is 357 g/mol. The first-order chi connectivity index (χ1) is 11.6. The van der Waals surface area contributed by atoms with Gasteiger partial charge in [-0.3, -0.25) is 9.59 Å². The molecular formula is C17H20ClF3N2O2. The van der Waals surface area contributed by atoms with E-state index in [1.165, 1.54) is 6.07 Å². The van der Waals surface area contributed by atoms with Crippen molar-refractivity contribution in [3.8, 4) is 0 Å². The van der Waals surface area contributed by atoms with Crippen LogP contribution in [0.1, 0.15) is 32.3 Å². The highest BCUT2D eigenvalue weighted by molar-refractivity contribution is 6.31. The van der Waals surface area contributed by atoms with Crippen LogP contribution >= 0.6 is 11.6 Å². The Kier molecular flexibility index (Phi) is 5.98. The summed E-state index contributed by atoms with van der Waals surface area (Å²) >= 11 is 5.57. The van der Waals surface area contributed by atoms with Crippen molar-refractivity contribution in [3.05, 3.63) is 28.8 Å². The number of benzene rings is 1. The fourth-order valence-corrected chi connectivity index (χ4v) is 3.02. The number of halogens is 4. The van der Waals surface area contributed by atoms with Gasteiger partial charge in [0, 0.05) is 30.6 Å². The molecule has 0 aliphatic carbocycles. The van der Waals surface area contributed by atoms with Crippen molar-refractivity contribution in [1.29, 1.82) is 0 Å². The van der Waals surface area contributed by atoms with E-state index in [0.717, 1.165) is 12.1 Å². The smallest absolute Gasteiger partial charge is 0.342 e. The highest BCUT2D eigenvalue weighted by Gasteiger charge is 2.34. The molecule has 1 saturated heterocycles. The lowest BCUT2D eigenvalue weighted by Gasteiger charge is -2.32. The van der Waals surface area contributed by atoms with Crippen LogP contribution in [0.15, 0.2) is 18.2 Å². The van der Waals surface area contributed by atoms with E-state index in [2.05, 4.69) is 5.32 Å². The Balaban J connectivity index is 1.99. The molecule has 8 heteroatoms. The number of amides is 2. The monoisotopic (exact) mass is 376 g/mol. The van der Waals surface area contributed by atoms with Crippen LogP contribution in [0.3, 0.4) is 0 Å². The molecule has 4 nitrogen and oxygen atoms in total. The zero-order chi connectivity index (χ0) is 18.8. The van der Waals surface area contributed by atoms with Crippen molar-refractivity contribution in [3.63, 3.8) is 0 Å². The molecule has 1 aliphatic rings. The minimum absolute atomic E-state index is 0.0476. The Morgan fingerprint density at radius 2 is 1.84 bits per heavy atom. The third kappa shape index (κ3) is 4.87. The van der Waals surface area contributed by atoms with Crippen molar-refractivity contribution in [2.24, 2.45) is 11.8 Å². The van der Waals surface area contributed by atoms with Gasteiger partial charge in [-0.25, -0.2) is 0 Å². The molecule has 1 aliphatic heterocycles. The molecule has 0 spiro atoms. The zero-order valence-electron chi connectivity index (χ0n) is 14.0. The summed E-state index contributed by atoms with van der Waals surface area (Å²) < 4.78 is 38.6. The Hall–Kier alpha value is -1.76. The van der Waals surface area contributed by atoms with Gasteiger partial charge in [0.05, 0.1) is 10.6 Å². The molecule has 0 saturated carbocycles. The minimum atomic E-state index is -4.58. The number of anilines is 1. The second-order valence-electron chi connectivity index (χ2n) is 6.44. The molecule has 138 valence electrons. The van der Waals surface area contributed by atoms with Crippen LogP contribution in [0.4, 0.5) is 18.9 Å². The molecule has 0 radical (unpaired) electrons. The van der Waals surface area contributed by atoms with E-state index in [0.29, 0.717) is 25.9 Å². The maximum Gasteiger partial charge on any atom is 0.417 e. The number of carbonyl (C=O) groups excluding carboxylic acids is 2. The van der Waals surface area contributed by atoms with Crippen molar-refractivity contribution < 1.29 is 22.8 Å². The average molecular weight is 377 g/mol. The molecule has 0 bridgehead atoms. The number of hydrogen-bond donors (Lipinski definition) is 1. The maximum atomic E-state index is 12.9. The van der Waals surface area contributed by atoms with E-state index in [9.17, 15) is 22.8 Å². The Labute approximate surface area is 149 Å². The summed E-state index contributed by atoms with van der Waals surface area (Å²) in [5, 5.41) is 2.11. The van der Waals surface area contributed by atoms with Crippen LogP contribution in [-0.4, -0.2) is 29.8 Å². The van der Waals surface area contributed by atoms with Crippen LogP contribution in [0.5, 0.6) is 0 Å². The number of carbonyl (C=O) groups is 2. The molecule has 0 aromatic heterocycles. The maximum absolute atomic E-state index is 12.9. The van der Waals surface area contributed by atoms with Gasteiger partial charge in [0.2, 0.25) is 11.8 Å². The first kappa shape index (κ1) is 19.6. The van der Waals surface area contributed by atoms with Gasteiger partial charge in [0.15, 0.2) is 0 Å². The summed E-state index contributed by atoms with van der Waals surface area (Å²) in [6, 6.07) is 3.29. The summed E-state index contributed by atoms with van der Waals surface area (Å²) in [7, 11) is 0. The zero-order valence-corrected chi connectivity index (χ0v) is 14.7. The number of piperidine rings is 1. The van der Waals surface area contributed by atoms with Crippen LogP contribution < -0.4 is 5.32 Å². The second kappa shape index (κ2) is 7.64. The fourth-order valence-electron chi connectivity index (χ4n) is 2.79. The lowest BCUT2D eigenvalue weighted by Crippen LogP contribution is -2.43. The lowest BCUT2D eigenvalue weighted by molar-refractivity contribution is -0.137. The average Bonchev–Trinajstić information content (AvgIpc) is 2.55. The minimum Gasteiger partial charge on any atom is -0.342 e. The number of rotatable bonds is 3. The van der Waals surface area contributed by atoms with E-state index in [1.807, 2.05) is 13.8 Å². The molecule has 0 atom stereocenters. The van der Waals surface area contributed by atoms with Crippen molar-refractivity contribution in [2.75, 3.05) is 18.4 Å². The van der Waals surface area contributed by atoms with Crippen molar-refractivity contribution >= 4 is 29.1 Å². The number of likely N-dealkylation sites (tertiary alicyclic amines) is 1. The van der Waals surface area contributed by atoms with Gasteiger partial charge in [-0.1, -0.05) is 25.4 Å². The summed E-state index contributed by atoms with van der Waals surface area (Å²) in [6.07, 6.45) is -3.60. The Bertz CT molecular complexity index is 654. The molecule has 2 rings (SSSR count). The first-order valence-electron chi connectivity index (χ1n) is 8.06. The molecule has 2 amide bonds. The van der Waals surface area contributed by atoms with E-state index < -0.39 is 16.8 Å². The molecule has 1 aromatic carbocycles. The Morgan fingerprint density at radius 1 is 1.24 bits per heavy atom. The van der Waals surface area contributed by atoms with Gasteiger partial charge in [0.1, 0.15) is 0 Å². The van der Waals surface area contributed by atoms with Gasteiger partial charge in [-0.15, -0.1) is 0 Å². The fraction of sp³-hybridized carbons (Fsp3) is 0.529. The standard InChI is InChI=1S/C17H20ClF3N2O2/c1-10(2)16(25)23-7-5-11(6-8-23)15(24)22-12-3-4-14(18)13(9-12)17(19,20)21/h3-4,9-11H,5-8H2,1-2H3,(H,22,24). The molecule has 25 heavy (non-hydrogen) atoms. The normalized spacial score (nSPS) is 16.2. The highest BCUT2D eigenvalue weighted by atomic mass is 35.5. The van der Waals surface area contributed by atoms with Crippen LogP contribution in [0.2, 0.25) is 5.02 Å². The van der Waals surface area contributed by atoms with Crippen molar-refractivity contribution in [1.82, 2.24) is 4.90 Å². The van der Waals surface area contributed by atoms with Crippen molar-refractivity contribution in [2.45, 2.75) is 32.9 Å². The first-order valence-corrected chi connectivity index (χ1v) is 8.43. The summed E-state index contributed by atoms with van der Waals surface area (Å²) in [5.74, 6) is -0.722. The second-order valence-corrected chi connectivity index (χ2v) is 6.84. The van der Waals surface area contributed by atoms with E-state index >= 15 is 0 Å². The van der Waals surface area contributed by atoms with E-state index in [-0.39, 0.29) is 29.3 Å². The molecule has 0 unspecified atom stereocenters. The number of alkyl halides is 3. The Morgan fingerprint density at radius 3 is 2.36 bits per heavy atom. The van der Waals surface area contributed by atoms with Crippen LogP contribution in [-0.2, 0) is 15.8 Å². The summed E-state index contributed by atoms with van der Waals surface area (Å²) in [4.78, 5) is 26.0. The number of nitrogens with zero attached hydrogens (tertiary/aromatic N) is 1. The topological polar surface area (TPSA) is 49.4 Å². The number of nitrogens with one attached hydrogen (secondary N) is 1. The van der Waals surface area contributed by atoms with E-state index in [4.69, 9.17) is 11.6 Å². The summed E-state index contributed by atoms with van der Waals surface area (Å²) in [6.45, 7) is 4.59. The van der Waals surface area contributed by atoms with Gasteiger partial charge in [-0.05, 0) is 31.0 Å². The van der Waals surface area contributed by atoms with Gasteiger partial charge < -0.3 is 10.2 Å². The number of hydrogen-bond acceptors (Lipinski definition) is 2. The van der Waals surface area contributed by atoms with Gasteiger partial charge >= 0.3 is 6.18 Å². The molecule has 1 aromatic rings. The van der Waals surface area contributed by atoms with Gasteiger partial charge in [-0.2, -0.15) is 13.2 Å². The summed E-state index contributed by atoms with van der Waals surface area (Å²) in [5.41, 5.74) is -0.924. The lowest BCUT2D eigenvalue weighted by atomic mass is 9.95. The van der Waals surface area contributed by atoms with E-state index in [1.54, 1.807) is 4.90 Å². The molecule has 1 heterocycles.